The number of imidazole rings is 1. The van der Waals surface area contributed by atoms with Crippen molar-refractivity contribution in [1.82, 2.24) is 9.38 Å². The number of rotatable bonds is 3. The lowest BCUT2D eigenvalue weighted by atomic mass is 10.0. The van der Waals surface area contributed by atoms with Gasteiger partial charge < -0.3 is 4.40 Å². The number of aryl methyl sites for hydroxylation is 1. The van der Waals surface area contributed by atoms with Crippen molar-refractivity contribution >= 4 is 5.65 Å². The second kappa shape index (κ2) is 6.13. The fourth-order valence-electron chi connectivity index (χ4n) is 3.05. The second-order valence-corrected chi connectivity index (χ2v) is 6.16. The third-order valence-electron chi connectivity index (χ3n) is 4.24. The molecule has 0 N–H and O–H groups in total. The lowest BCUT2D eigenvalue weighted by Crippen LogP contribution is -1.98. The number of pyridine rings is 1. The summed E-state index contributed by atoms with van der Waals surface area (Å²) in [6.07, 6.45) is 2.55. The van der Waals surface area contributed by atoms with Crippen LogP contribution in [-0.2, 0) is 6.42 Å². The zero-order valence-electron chi connectivity index (χ0n) is 13.7. The quantitative estimate of drug-likeness (QED) is 0.505. The van der Waals surface area contributed by atoms with Crippen LogP contribution in [0.4, 0.5) is 8.78 Å². The first-order valence-electron chi connectivity index (χ1n) is 8.08. The molecular formula is C21H16F2N2. The van der Waals surface area contributed by atoms with Crippen molar-refractivity contribution in [2.24, 2.45) is 0 Å². The maximum atomic E-state index is 13.6. The predicted octanol–water partition coefficient (Wildman–Crippen LogP) is 5.18. The minimum atomic E-state index is -0.282. The van der Waals surface area contributed by atoms with Crippen LogP contribution in [0.2, 0.25) is 0 Å². The third kappa shape index (κ3) is 3.03. The van der Waals surface area contributed by atoms with E-state index in [-0.39, 0.29) is 11.6 Å². The van der Waals surface area contributed by atoms with E-state index in [1.54, 1.807) is 18.2 Å². The molecule has 2 heterocycles. The van der Waals surface area contributed by atoms with E-state index in [1.807, 2.05) is 35.7 Å². The van der Waals surface area contributed by atoms with Crippen LogP contribution in [0.25, 0.3) is 16.9 Å². The zero-order chi connectivity index (χ0) is 17.4. The number of nitrogens with zero attached hydrogens (tertiary/aromatic N) is 2. The minimum absolute atomic E-state index is 0.258. The van der Waals surface area contributed by atoms with Gasteiger partial charge in [-0.15, -0.1) is 0 Å². The summed E-state index contributed by atoms with van der Waals surface area (Å²) in [6, 6.07) is 16.8. The molecule has 124 valence electrons. The van der Waals surface area contributed by atoms with Gasteiger partial charge in [0.05, 0.1) is 11.4 Å². The van der Waals surface area contributed by atoms with Gasteiger partial charge in [0.2, 0.25) is 0 Å². The van der Waals surface area contributed by atoms with Crippen molar-refractivity contribution in [3.8, 4) is 11.3 Å². The van der Waals surface area contributed by atoms with Gasteiger partial charge >= 0.3 is 0 Å². The standard InChI is InChI=1S/C21H16F2N2/c1-14-5-10-20-24-21(16-6-8-17(22)9-7-16)19(25(20)13-14)12-15-3-2-4-18(23)11-15/h2-11,13H,12H2,1H3. The fourth-order valence-corrected chi connectivity index (χ4v) is 3.05. The molecule has 0 amide bonds. The summed E-state index contributed by atoms with van der Waals surface area (Å²) in [5, 5.41) is 0. The summed E-state index contributed by atoms with van der Waals surface area (Å²) in [5.74, 6) is -0.541. The van der Waals surface area contributed by atoms with Gasteiger partial charge in [0.1, 0.15) is 17.3 Å². The molecule has 4 rings (SSSR count). The van der Waals surface area contributed by atoms with E-state index in [0.717, 1.165) is 33.7 Å². The molecule has 0 unspecified atom stereocenters. The molecule has 4 heteroatoms. The average Bonchev–Trinajstić information content (AvgIpc) is 2.93. The van der Waals surface area contributed by atoms with Crippen molar-refractivity contribution in [3.05, 3.63) is 95.3 Å². The van der Waals surface area contributed by atoms with Crippen molar-refractivity contribution in [1.29, 1.82) is 0 Å². The molecule has 2 aromatic carbocycles. The highest BCUT2D eigenvalue weighted by atomic mass is 19.1. The molecule has 0 spiro atoms. The van der Waals surface area contributed by atoms with Crippen LogP contribution in [0.15, 0.2) is 66.9 Å². The molecule has 0 radical (unpaired) electrons. The SMILES string of the molecule is Cc1ccc2nc(-c3ccc(F)cc3)c(Cc3cccc(F)c3)n2c1. The first kappa shape index (κ1) is 15.5. The lowest BCUT2D eigenvalue weighted by molar-refractivity contribution is 0.625. The van der Waals surface area contributed by atoms with Gasteiger partial charge in [-0.1, -0.05) is 18.2 Å². The molecule has 4 aromatic rings. The fraction of sp³-hybridized carbons (Fsp3) is 0.0952. The van der Waals surface area contributed by atoms with Crippen LogP contribution in [-0.4, -0.2) is 9.38 Å². The molecule has 0 fully saturated rings. The number of benzene rings is 2. The first-order valence-corrected chi connectivity index (χ1v) is 8.08. The largest absolute Gasteiger partial charge is 0.303 e. The van der Waals surface area contributed by atoms with Gasteiger partial charge in [-0.3, -0.25) is 0 Å². The molecule has 25 heavy (non-hydrogen) atoms. The topological polar surface area (TPSA) is 17.3 Å². The number of halogens is 2. The highest BCUT2D eigenvalue weighted by molar-refractivity contribution is 5.67. The molecule has 2 nitrogen and oxygen atoms in total. The Bertz CT molecular complexity index is 1050. The number of hydrogen-bond donors (Lipinski definition) is 0. The van der Waals surface area contributed by atoms with Crippen molar-refractivity contribution in [2.75, 3.05) is 0 Å². The molecule has 0 aliphatic rings. The Morgan fingerprint density at radius 2 is 1.72 bits per heavy atom. The van der Waals surface area contributed by atoms with Gasteiger partial charge in [-0.2, -0.15) is 0 Å². The normalized spacial score (nSPS) is 11.2. The minimum Gasteiger partial charge on any atom is -0.303 e. The van der Waals surface area contributed by atoms with Crippen LogP contribution < -0.4 is 0 Å². The van der Waals surface area contributed by atoms with Crippen molar-refractivity contribution < 1.29 is 8.78 Å². The molecule has 0 aliphatic carbocycles. The van der Waals surface area contributed by atoms with E-state index in [0.29, 0.717) is 6.42 Å². The van der Waals surface area contributed by atoms with Gasteiger partial charge in [0.25, 0.3) is 0 Å². The van der Waals surface area contributed by atoms with E-state index in [4.69, 9.17) is 4.98 Å². The monoisotopic (exact) mass is 334 g/mol. The van der Waals surface area contributed by atoms with E-state index >= 15 is 0 Å². The summed E-state index contributed by atoms with van der Waals surface area (Å²) in [6.45, 7) is 2.02. The lowest BCUT2D eigenvalue weighted by Gasteiger charge is -2.07. The zero-order valence-corrected chi connectivity index (χ0v) is 13.7. The molecule has 0 aliphatic heterocycles. The van der Waals surface area contributed by atoms with Crippen LogP contribution in [0, 0.1) is 18.6 Å². The molecule has 0 saturated carbocycles. The Morgan fingerprint density at radius 1 is 0.920 bits per heavy atom. The molecular weight excluding hydrogens is 318 g/mol. The molecule has 0 bridgehead atoms. The Morgan fingerprint density at radius 3 is 2.48 bits per heavy atom. The highest BCUT2D eigenvalue weighted by Gasteiger charge is 2.15. The van der Waals surface area contributed by atoms with Crippen molar-refractivity contribution in [3.63, 3.8) is 0 Å². The summed E-state index contributed by atoms with van der Waals surface area (Å²) in [7, 11) is 0. The predicted molar refractivity (Wildman–Crippen MR) is 94.5 cm³/mol. The Kier molecular flexibility index (Phi) is 3.80. The van der Waals surface area contributed by atoms with Gasteiger partial charge in [0.15, 0.2) is 0 Å². The van der Waals surface area contributed by atoms with E-state index in [9.17, 15) is 8.78 Å². The highest BCUT2D eigenvalue weighted by Crippen LogP contribution is 2.27. The first-order chi connectivity index (χ1) is 12.1. The number of aromatic nitrogens is 2. The van der Waals surface area contributed by atoms with Crippen LogP contribution in [0.1, 0.15) is 16.8 Å². The Labute approximate surface area is 144 Å². The third-order valence-corrected chi connectivity index (χ3v) is 4.24. The Balaban J connectivity index is 1.91. The van der Waals surface area contributed by atoms with E-state index in [2.05, 4.69) is 0 Å². The van der Waals surface area contributed by atoms with E-state index in [1.165, 1.54) is 24.3 Å². The molecule has 2 aromatic heterocycles. The average molecular weight is 334 g/mol. The van der Waals surface area contributed by atoms with Gasteiger partial charge in [-0.05, 0) is 60.5 Å². The molecule has 0 saturated heterocycles. The van der Waals surface area contributed by atoms with E-state index < -0.39 is 0 Å². The smallest absolute Gasteiger partial charge is 0.137 e. The van der Waals surface area contributed by atoms with Gasteiger partial charge in [-0.25, -0.2) is 13.8 Å². The summed E-state index contributed by atoms with van der Waals surface area (Å²) >= 11 is 0. The maximum absolute atomic E-state index is 13.6. The van der Waals surface area contributed by atoms with Crippen LogP contribution in [0.5, 0.6) is 0 Å². The number of hydrogen-bond acceptors (Lipinski definition) is 1. The summed E-state index contributed by atoms with van der Waals surface area (Å²) in [5.41, 5.74) is 5.37. The van der Waals surface area contributed by atoms with Crippen molar-refractivity contribution in [2.45, 2.75) is 13.3 Å². The maximum Gasteiger partial charge on any atom is 0.137 e. The van der Waals surface area contributed by atoms with Crippen LogP contribution in [0.3, 0.4) is 0 Å². The van der Waals surface area contributed by atoms with Crippen LogP contribution >= 0.6 is 0 Å². The Hall–Kier alpha value is -3.01. The summed E-state index contributed by atoms with van der Waals surface area (Å²) in [4.78, 5) is 4.72. The second-order valence-electron chi connectivity index (χ2n) is 6.16. The molecule has 0 atom stereocenters. The summed E-state index contributed by atoms with van der Waals surface area (Å²) < 4.78 is 28.9. The van der Waals surface area contributed by atoms with Gasteiger partial charge in [0, 0.05) is 18.2 Å². The number of fused-ring (bicyclic) bond motifs is 1.